The Labute approximate surface area is 228 Å². The van der Waals surface area contributed by atoms with E-state index in [0.717, 1.165) is 59.8 Å². The molecule has 4 aromatic rings. The summed E-state index contributed by atoms with van der Waals surface area (Å²) in [6.07, 6.45) is 6.54. The highest BCUT2D eigenvalue weighted by atomic mass is 32.2. The molecule has 2 aliphatic rings. The van der Waals surface area contributed by atoms with Crippen LogP contribution < -0.4 is 15.4 Å². The summed E-state index contributed by atoms with van der Waals surface area (Å²) in [5, 5.41) is 8.54. The number of aryl methyl sites for hydroxylation is 1. The Kier molecular flexibility index (Phi) is 7.16. The second-order valence-corrected chi connectivity index (χ2v) is 12.1. The molecule has 4 heterocycles. The molecule has 0 unspecified atom stereocenters. The molecule has 0 amide bonds. The maximum absolute atomic E-state index is 12.9. The summed E-state index contributed by atoms with van der Waals surface area (Å²) in [6, 6.07) is 15.6. The third kappa shape index (κ3) is 5.45. The fourth-order valence-electron chi connectivity index (χ4n) is 5.12. The van der Waals surface area contributed by atoms with E-state index in [2.05, 4.69) is 20.6 Å². The smallest absolute Gasteiger partial charge is 0.228 e. The first-order valence-corrected chi connectivity index (χ1v) is 15.0. The minimum atomic E-state index is -3.35. The van der Waals surface area contributed by atoms with Gasteiger partial charge < -0.3 is 15.4 Å². The van der Waals surface area contributed by atoms with Crippen LogP contribution in [0.4, 0.5) is 5.95 Å². The predicted molar refractivity (Wildman–Crippen MR) is 152 cm³/mol. The van der Waals surface area contributed by atoms with Crippen molar-refractivity contribution in [1.82, 2.24) is 24.6 Å². The van der Waals surface area contributed by atoms with Crippen molar-refractivity contribution in [3.8, 4) is 22.9 Å². The standard InChI is InChI=1S/C29H32N6O3S/c1-20-10-11-23-21(19-39(36,37)35-16-5-17-35)6-2-8-24(23)27(20)38-28-25(9-4-14-31-28)26-12-15-32-29(34-26)33-22-7-3-13-30-18-22/h2,4,6,8-12,14-15,22,30H,3,5,7,13,16-19H2,1H3,(H,32,33,34)/t22-/m0/s1. The van der Waals surface area contributed by atoms with E-state index in [1.807, 2.05) is 55.5 Å². The van der Waals surface area contributed by atoms with Gasteiger partial charge in [-0.15, -0.1) is 0 Å². The Hall–Kier alpha value is -3.60. The number of benzene rings is 2. The zero-order valence-corrected chi connectivity index (χ0v) is 22.7. The van der Waals surface area contributed by atoms with Gasteiger partial charge in [0, 0.05) is 43.5 Å². The molecule has 2 aliphatic heterocycles. The van der Waals surface area contributed by atoms with E-state index in [1.165, 1.54) is 0 Å². The van der Waals surface area contributed by atoms with E-state index in [1.54, 1.807) is 16.7 Å². The molecule has 0 spiro atoms. The van der Waals surface area contributed by atoms with Gasteiger partial charge in [-0.1, -0.05) is 30.3 Å². The van der Waals surface area contributed by atoms with Crippen LogP contribution in [0.15, 0.2) is 60.9 Å². The Morgan fingerprint density at radius 3 is 2.72 bits per heavy atom. The highest BCUT2D eigenvalue weighted by molar-refractivity contribution is 7.88. The summed E-state index contributed by atoms with van der Waals surface area (Å²) in [7, 11) is -3.35. The molecule has 9 nitrogen and oxygen atoms in total. The molecular formula is C29H32N6O3S. The number of sulfonamides is 1. The molecule has 6 rings (SSSR count). The fourth-order valence-corrected chi connectivity index (χ4v) is 6.76. The molecule has 0 bridgehead atoms. The Balaban J connectivity index is 1.32. The van der Waals surface area contributed by atoms with Crippen LogP contribution in [0.3, 0.4) is 0 Å². The maximum atomic E-state index is 12.9. The largest absolute Gasteiger partial charge is 0.437 e. The van der Waals surface area contributed by atoms with E-state index < -0.39 is 10.0 Å². The second kappa shape index (κ2) is 10.9. The van der Waals surface area contributed by atoms with Gasteiger partial charge >= 0.3 is 0 Å². The molecular weight excluding hydrogens is 512 g/mol. The van der Waals surface area contributed by atoms with Crippen LogP contribution >= 0.6 is 0 Å². The van der Waals surface area contributed by atoms with Crippen LogP contribution in [0.1, 0.15) is 30.4 Å². The van der Waals surface area contributed by atoms with Crippen molar-refractivity contribution in [2.24, 2.45) is 0 Å². The van der Waals surface area contributed by atoms with Gasteiger partial charge in [-0.3, -0.25) is 0 Å². The molecule has 2 aromatic carbocycles. The number of nitrogens with one attached hydrogen (secondary N) is 2. The molecule has 10 heteroatoms. The van der Waals surface area contributed by atoms with Crippen molar-refractivity contribution >= 4 is 26.7 Å². The molecule has 202 valence electrons. The lowest BCUT2D eigenvalue weighted by molar-refractivity contribution is 0.309. The number of pyridine rings is 1. The minimum absolute atomic E-state index is 0.0328. The number of piperidine rings is 1. The average molecular weight is 545 g/mol. The van der Waals surface area contributed by atoms with E-state index in [4.69, 9.17) is 9.72 Å². The van der Waals surface area contributed by atoms with Crippen molar-refractivity contribution in [3.63, 3.8) is 0 Å². The SMILES string of the molecule is Cc1ccc2c(CS(=O)(=O)N3CCC3)cccc2c1Oc1ncccc1-c1ccnc(N[C@H]2CCCNC2)n1. The van der Waals surface area contributed by atoms with Gasteiger partial charge in [-0.25, -0.2) is 27.7 Å². The van der Waals surface area contributed by atoms with Crippen LogP contribution in [-0.2, 0) is 15.8 Å². The van der Waals surface area contributed by atoms with Gasteiger partial charge in [-0.05, 0) is 67.4 Å². The van der Waals surface area contributed by atoms with Gasteiger partial charge in [0.2, 0.25) is 21.9 Å². The molecule has 39 heavy (non-hydrogen) atoms. The molecule has 0 radical (unpaired) electrons. The molecule has 0 saturated carbocycles. The number of nitrogens with zero attached hydrogens (tertiary/aromatic N) is 4. The zero-order valence-electron chi connectivity index (χ0n) is 21.9. The lowest BCUT2D eigenvalue weighted by Gasteiger charge is -2.29. The van der Waals surface area contributed by atoms with Gasteiger partial charge in [0.1, 0.15) is 5.75 Å². The van der Waals surface area contributed by atoms with Crippen molar-refractivity contribution in [2.75, 3.05) is 31.5 Å². The number of hydrogen-bond acceptors (Lipinski definition) is 8. The Morgan fingerprint density at radius 2 is 1.92 bits per heavy atom. The van der Waals surface area contributed by atoms with Gasteiger partial charge in [0.25, 0.3) is 0 Å². The van der Waals surface area contributed by atoms with Gasteiger partial charge in [0.05, 0.1) is 17.0 Å². The minimum Gasteiger partial charge on any atom is -0.437 e. The van der Waals surface area contributed by atoms with Crippen LogP contribution in [0.5, 0.6) is 11.6 Å². The van der Waals surface area contributed by atoms with Crippen LogP contribution in [0, 0.1) is 6.92 Å². The normalized spacial score (nSPS) is 18.0. The average Bonchev–Trinajstić information content (AvgIpc) is 2.90. The summed E-state index contributed by atoms with van der Waals surface area (Å²) in [4.78, 5) is 13.7. The summed E-state index contributed by atoms with van der Waals surface area (Å²) in [5.41, 5.74) is 3.14. The van der Waals surface area contributed by atoms with E-state index >= 15 is 0 Å². The number of anilines is 1. The lowest BCUT2D eigenvalue weighted by Crippen LogP contribution is -2.42. The quantitative estimate of drug-likeness (QED) is 0.334. The predicted octanol–water partition coefficient (Wildman–Crippen LogP) is 4.49. The summed E-state index contributed by atoms with van der Waals surface area (Å²) in [6.45, 7) is 5.10. The third-order valence-electron chi connectivity index (χ3n) is 7.38. The van der Waals surface area contributed by atoms with E-state index in [0.29, 0.717) is 36.4 Å². The number of aromatic nitrogens is 3. The number of ether oxygens (including phenoxy) is 1. The van der Waals surface area contributed by atoms with E-state index in [-0.39, 0.29) is 11.8 Å². The summed E-state index contributed by atoms with van der Waals surface area (Å²) >= 11 is 0. The number of rotatable bonds is 8. The third-order valence-corrected chi connectivity index (χ3v) is 9.20. The van der Waals surface area contributed by atoms with Crippen molar-refractivity contribution < 1.29 is 13.2 Å². The first kappa shape index (κ1) is 25.7. The molecule has 1 atom stereocenters. The highest BCUT2D eigenvalue weighted by Crippen LogP contribution is 2.38. The maximum Gasteiger partial charge on any atom is 0.228 e. The van der Waals surface area contributed by atoms with E-state index in [9.17, 15) is 8.42 Å². The first-order valence-electron chi connectivity index (χ1n) is 13.4. The topological polar surface area (TPSA) is 109 Å². The lowest BCUT2D eigenvalue weighted by atomic mass is 10.0. The zero-order chi connectivity index (χ0) is 26.8. The molecule has 2 fully saturated rings. The second-order valence-electron chi connectivity index (χ2n) is 10.1. The Morgan fingerprint density at radius 1 is 1.03 bits per heavy atom. The van der Waals surface area contributed by atoms with Crippen LogP contribution in [0.25, 0.3) is 22.0 Å². The molecule has 2 saturated heterocycles. The highest BCUT2D eigenvalue weighted by Gasteiger charge is 2.28. The first-order chi connectivity index (χ1) is 19.0. The monoisotopic (exact) mass is 544 g/mol. The molecule has 2 N–H and O–H groups in total. The number of fused-ring (bicyclic) bond motifs is 1. The fraction of sp³-hybridized carbons (Fsp3) is 0.345. The van der Waals surface area contributed by atoms with Crippen molar-refractivity contribution in [2.45, 2.75) is 38.0 Å². The van der Waals surface area contributed by atoms with Crippen LogP contribution in [-0.4, -0.2) is 59.9 Å². The van der Waals surface area contributed by atoms with Crippen LogP contribution in [0.2, 0.25) is 0 Å². The van der Waals surface area contributed by atoms with Gasteiger partial charge in [0.15, 0.2) is 0 Å². The molecule has 0 aliphatic carbocycles. The molecule has 2 aromatic heterocycles. The van der Waals surface area contributed by atoms with Gasteiger partial charge in [-0.2, -0.15) is 0 Å². The van der Waals surface area contributed by atoms with Crippen molar-refractivity contribution in [3.05, 3.63) is 72.1 Å². The Bertz CT molecular complexity index is 1600. The summed E-state index contributed by atoms with van der Waals surface area (Å²) in [5.74, 6) is 1.62. The van der Waals surface area contributed by atoms with Crippen molar-refractivity contribution in [1.29, 1.82) is 0 Å². The number of hydrogen-bond donors (Lipinski definition) is 2. The summed E-state index contributed by atoms with van der Waals surface area (Å²) < 4.78 is 33.8.